The van der Waals surface area contributed by atoms with Crippen molar-refractivity contribution in [2.45, 2.75) is 45.4 Å². The molecule has 0 saturated heterocycles. The average molecular weight is 445 g/mol. The van der Waals surface area contributed by atoms with Gasteiger partial charge in [-0.05, 0) is 50.2 Å². The van der Waals surface area contributed by atoms with Crippen molar-refractivity contribution >= 4 is 16.8 Å². The fourth-order valence-corrected chi connectivity index (χ4v) is 4.86. The molecule has 4 aromatic rings. The van der Waals surface area contributed by atoms with Crippen LogP contribution >= 0.6 is 0 Å². The summed E-state index contributed by atoms with van der Waals surface area (Å²) in [5.41, 5.74) is 2.74. The summed E-state index contributed by atoms with van der Waals surface area (Å²) in [6.07, 6.45) is 11.6. The molecular weight excluding hydrogens is 419 g/mol. The van der Waals surface area contributed by atoms with E-state index in [1.165, 1.54) is 6.33 Å². The summed E-state index contributed by atoms with van der Waals surface area (Å²) in [5.74, 6) is 0.774. The molecule has 7 nitrogen and oxygen atoms in total. The molecule has 0 unspecified atom stereocenters. The first-order valence-corrected chi connectivity index (χ1v) is 11.3. The summed E-state index contributed by atoms with van der Waals surface area (Å²) in [6.45, 7) is 1.67. The van der Waals surface area contributed by atoms with Crippen molar-refractivity contribution in [3.8, 4) is 11.4 Å². The Morgan fingerprint density at radius 1 is 1.18 bits per heavy atom. The van der Waals surface area contributed by atoms with Crippen molar-refractivity contribution < 1.29 is 9.18 Å². The van der Waals surface area contributed by atoms with Crippen LogP contribution in [0.4, 0.5) is 4.39 Å². The normalized spacial score (nSPS) is 18.5. The number of aromatic amines is 1. The lowest BCUT2D eigenvalue weighted by molar-refractivity contribution is 0.0934. The van der Waals surface area contributed by atoms with E-state index in [0.29, 0.717) is 41.4 Å². The van der Waals surface area contributed by atoms with Crippen LogP contribution in [-0.2, 0) is 6.42 Å². The number of halogens is 1. The molecule has 0 aliphatic heterocycles. The highest BCUT2D eigenvalue weighted by atomic mass is 19.1. The van der Waals surface area contributed by atoms with Gasteiger partial charge in [-0.3, -0.25) is 9.78 Å². The first kappa shape index (κ1) is 21.3. The molecule has 4 aromatic heterocycles. The Morgan fingerprint density at radius 2 is 2.06 bits per heavy atom. The first-order valence-electron chi connectivity index (χ1n) is 11.3. The molecule has 1 fully saturated rings. The number of hydrogen-bond acceptors (Lipinski definition) is 6. The second-order valence-electron chi connectivity index (χ2n) is 8.83. The summed E-state index contributed by atoms with van der Waals surface area (Å²) in [6, 6.07) is 5.41. The van der Waals surface area contributed by atoms with Crippen molar-refractivity contribution in [2.24, 2.45) is 11.8 Å². The Morgan fingerprint density at radius 3 is 2.91 bits per heavy atom. The molecule has 5 rings (SSSR count). The van der Waals surface area contributed by atoms with Gasteiger partial charge in [0, 0.05) is 36.0 Å². The molecule has 1 aliphatic carbocycles. The first-order chi connectivity index (χ1) is 16.1. The standard InChI is InChI=1S/C25H25FN6O/c1-15-23(26)21(32-25(31-15)19-13-29-24-18(19)12-27-14-30-24)10-16-5-4-6-17(9-16)11-22(33)20-7-2-3-8-28-20/h2-3,7-8,12-14,16-17H,4-6,9-11H2,1H3,(H,27,29,30)/t16-,17+/m1/s1. The van der Waals surface area contributed by atoms with E-state index in [1.807, 2.05) is 12.1 Å². The SMILES string of the molecule is Cc1nc(-c2c[nH]c3ncncc23)nc(C[C@@H]2CCC[C@H](CC(=O)c3ccccn3)C2)c1F. The molecule has 0 amide bonds. The van der Waals surface area contributed by atoms with E-state index in [9.17, 15) is 4.79 Å². The molecule has 2 atom stereocenters. The van der Waals surface area contributed by atoms with Crippen molar-refractivity contribution in [3.05, 3.63) is 66.0 Å². The third kappa shape index (κ3) is 4.51. The highest BCUT2D eigenvalue weighted by Crippen LogP contribution is 2.35. The van der Waals surface area contributed by atoms with Gasteiger partial charge in [0.05, 0.1) is 11.4 Å². The van der Waals surface area contributed by atoms with E-state index in [0.717, 1.165) is 36.6 Å². The highest BCUT2D eigenvalue weighted by Gasteiger charge is 2.27. The number of nitrogens with one attached hydrogen (secondary N) is 1. The lowest BCUT2D eigenvalue weighted by Crippen LogP contribution is -2.21. The van der Waals surface area contributed by atoms with Crippen molar-refractivity contribution in [1.82, 2.24) is 29.9 Å². The van der Waals surface area contributed by atoms with E-state index in [4.69, 9.17) is 0 Å². The molecule has 0 radical (unpaired) electrons. The van der Waals surface area contributed by atoms with Crippen LogP contribution in [0.2, 0.25) is 0 Å². The zero-order valence-electron chi connectivity index (χ0n) is 18.5. The van der Waals surface area contributed by atoms with Crippen molar-refractivity contribution in [3.63, 3.8) is 0 Å². The third-order valence-electron chi connectivity index (χ3n) is 6.48. The molecule has 1 aliphatic rings. The third-order valence-corrected chi connectivity index (χ3v) is 6.48. The Kier molecular flexibility index (Phi) is 5.90. The topological polar surface area (TPSA) is 97.3 Å². The van der Waals surface area contributed by atoms with E-state index >= 15 is 4.39 Å². The van der Waals surface area contributed by atoms with E-state index < -0.39 is 0 Å². The lowest BCUT2D eigenvalue weighted by Gasteiger charge is -2.28. The zero-order chi connectivity index (χ0) is 22.8. The lowest BCUT2D eigenvalue weighted by atomic mass is 9.77. The van der Waals surface area contributed by atoms with Gasteiger partial charge in [-0.15, -0.1) is 0 Å². The second-order valence-corrected chi connectivity index (χ2v) is 8.83. The van der Waals surface area contributed by atoms with Gasteiger partial charge in [-0.25, -0.2) is 24.3 Å². The molecule has 1 N–H and O–H groups in total. The van der Waals surface area contributed by atoms with Crippen LogP contribution in [0, 0.1) is 24.6 Å². The number of aryl methyl sites for hydroxylation is 1. The van der Waals surface area contributed by atoms with Gasteiger partial charge >= 0.3 is 0 Å². The number of Topliss-reactive ketones (excluding diaryl/α,β-unsaturated/α-hetero) is 1. The minimum absolute atomic E-state index is 0.0779. The molecule has 1 saturated carbocycles. The molecule has 0 bridgehead atoms. The maximum atomic E-state index is 15.0. The van der Waals surface area contributed by atoms with Gasteiger partial charge in [-0.1, -0.05) is 18.9 Å². The van der Waals surface area contributed by atoms with Crippen LogP contribution < -0.4 is 0 Å². The summed E-state index contributed by atoms with van der Waals surface area (Å²) in [7, 11) is 0. The second kappa shape index (κ2) is 9.13. The van der Waals surface area contributed by atoms with Crippen molar-refractivity contribution in [1.29, 1.82) is 0 Å². The number of pyridine rings is 1. The Balaban J connectivity index is 1.34. The Hall–Kier alpha value is -3.55. The predicted octanol–water partition coefficient (Wildman–Crippen LogP) is 4.88. The summed E-state index contributed by atoms with van der Waals surface area (Å²) < 4.78 is 15.0. The summed E-state index contributed by atoms with van der Waals surface area (Å²) in [5, 5.41) is 0.806. The fourth-order valence-electron chi connectivity index (χ4n) is 4.86. The maximum absolute atomic E-state index is 15.0. The van der Waals surface area contributed by atoms with Crippen LogP contribution in [0.1, 0.15) is 54.0 Å². The number of carbonyl (C=O) groups is 1. The number of aromatic nitrogens is 6. The zero-order valence-corrected chi connectivity index (χ0v) is 18.5. The number of fused-ring (bicyclic) bond motifs is 1. The molecule has 0 aromatic carbocycles. The van der Waals surface area contributed by atoms with E-state index in [1.54, 1.807) is 31.6 Å². The Labute approximate surface area is 191 Å². The molecule has 33 heavy (non-hydrogen) atoms. The summed E-state index contributed by atoms with van der Waals surface area (Å²) in [4.78, 5) is 37.2. The van der Waals surface area contributed by atoms with E-state index in [-0.39, 0.29) is 23.4 Å². The predicted molar refractivity (Wildman–Crippen MR) is 122 cm³/mol. The summed E-state index contributed by atoms with van der Waals surface area (Å²) >= 11 is 0. The molecular formula is C25H25FN6O. The minimum Gasteiger partial charge on any atom is -0.345 e. The number of ketones is 1. The molecule has 0 spiro atoms. The molecule has 168 valence electrons. The van der Waals surface area contributed by atoms with Crippen LogP contribution in [0.15, 0.2) is 43.1 Å². The average Bonchev–Trinajstić information content (AvgIpc) is 3.27. The van der Waals surface area contributed by atoms with Crippen LogP contribution in [0.3, 0.4) is 0 Å². The smallest absolute Gasteiger partial charge is 0.181 e. The molecule has 8 heteroatoms. The van der Waals surface area contributed by atoms with E-state index in [2.05, 4.69) is 29.9 Å². The highest BCUT2D eigenvalue weighted by molar-refractivity contribution is 5.94. The molecule has 4 heterocycles. The van der Waals surface area contributed by atoms with Gasteiger partial charge in [0.2, 0.25) is 0 Å². The number of rotatable bonds is 6. The fraction of sp³-hybridized carbons (Fsp3) is 0.360. The van der Waals surface area contributed by atoms with Gasteiger partial charge in [0.1, 0.15) is 17.7 Å². The quantitative estimate of drug-likeness (QED) is 0.426. The number of nitrogens with zero attached hydrogens (tertiary/aromatic N) is 5. The number of carbonyl (C=O) groups excluding carboxylic acids is 1. The van der Waals surface area contributed by atoms with Gasteiger partial charge in [-0.2, -0.15) is 0 Å². The van der Waals surface area contributed by atoms with Crippen LogP contribution in [-0.4, -0.2) is 35.7 Å². The van der Waals surface area contributed by atoms with Gasteiger partial charge in [0.15, 0.2) is 17.4 Å². The number of hydrogen-bond donors (Lipinski definition) is 1. The van der Waals surface area contributed by atoms with Crippen LogP contribution in [0.25, 0.3) is 22.4 Å². The van der Waals surface area contributed by atoms with Crippen molar-refractivity contribution in [2.75, 3.05) is 0 Å². The van der Waals surface area contributed by atoms with Gasteiger partial charge in [0.25, 0.3) is 0 Å². The monoisotopic (exact) mass is 444 g/mol. The maximum Gasteiger partial charge on any atom is 0.181 e. The van der Waals surface area contributed by atoms with Gasteiger partial charge < -0.3 is 4.98 Å². The van der Waals surface area contributed by atoms with Crippen LogP contribution in [0.5, 0.6) is 0 Å². The Bertz CT molecular complexity index is 1290. The number of H-pyrrole nitrogens is 1. The largest absolute Gasteiger partial charge is 0.345 e. The minimum atomic E-state index is -0.346.